The molecule has 0 saturated carbocycles. The molecular formula is C20H18N4O4. The lowest BCUT2D eigenvalue weighted by Crippen LogP contribution is -1.97. The summed E-state index contributed by atoms with van der Waals surface area (Å²) in [6, 6.07) is 9.32. The Balaban J connectivity index is 1.70. The average molecular weight is 378 g/mol. The monoisotopic (exact) mass is 378 g/mol. The number of nitrogens with zero attached hydrogens (tertiary/aromatic N) is 4. The summed E-state index contributed by atoms with van der Waals surface area (Å²) in [5.41, 5.74) is 1.53. The summed E-state index contributed by atoms with van der Waals surface area (Å²) in [7, 11) is 4.77. The van der Waals surface area contributed by atoms with E-state index in [1.807, 2.05) is 29.0 Å². The Bertz CT molecular complexity index is 1110. The normalized spacial score (nSPS) is 10.7. The van der Waals surface area contributed by atoms with Crippen molar-refractivity contribution in [3.05, 3.63) is 55.2 Å². The molecule has 0 aliphatic carbocycles. The van der Waals surface area contributed by atoms with Gasteiger partial charge in [-0.1, -0.05) is 0 Å². The van der Waals surface area contributed by atoms with Crippen LogP contribution in [0.4, 0.5) is 0 Å². The van der Waals surface area contributed by atoms with Crippen LogP contribution in [-0.4, -0.2) is 40.8 Å². The summed E-state index contributed by atoms with van der Waals surface area (Å²) < 4.78 is 23.8. The molecule has 0 radical (unpaired) electrons. The molecule has 0 aliphatic rings. The van der Waals surface area contributed by atoms with Crippen LogP contribution in [0.25, 0.3) is 16.6 Å². The van der Waals surface area contributed by atoms with Gasteiger partial charge in [0, 0.05) is 48.2 Å². The lowest BCUT2D eigenvalue weighted by atomic mass is 10.2. The Morgan fingerprint density at radius 1 is 0.857 bits per heavy atom. The van der Waals surface area contributed by atoms with E-state index in [1.54, 1.807) is 52.2 Å². The Morgan fingerprint density at radius 3 is 2.36 bits per heavy atom. The van der Waals surface area contributed by atoms with E-state index in [0.29, 0.717) is 28.5 Å². The first-order valence-corrected chi connectivity index (χ1v) is 8.44. The summed E-state index contributed by atoms with van der Waals surface area (Å²) in [6.07, 6.45) is 6.92. The maximum atomic E-state index is 5.89. The van der Waals surface area contributed by atoms with Crippen molar-refractivity contribution in [3.63, 3.8) is 0 Å². The van der Waals surface area contributed by atoms with Crippen molar-refractivity contribution >= 4 is 10.9 Å². The second kappa shape index (κ2) is 7.43. The first-order chi connectivity index (χ1) is 13.7. The van der Waals surface area contributed by atoms with Gasteiger partial charge in [0.1, 0.15) is 11.5 Å². The number of aromatic nitrogens is 4. The molecule has 0 saturated heterocycles. The SMILES string of the molecule is COc1cc(Oc2ncc3cc(OC)c(OC)cc3n2)cc(-n2ccnc2)c1. The summed E-state index contributed by atoms with van der Waals surface area (Å²) in [5, 5.41) is 0.815. The molecule has 0 unspecified atom stereocenters. The molecule has 0 bridgehead atoms. The smallest absolute Gasteiger partial charge is 0.322 e. The van der Waals surface area contributed by atoms with Gasteiger partial charge >= 0.3 is 6.01 Å². The van der Waals surface area contributed by atoms with Crippen LogP contribution >= 0.6 is 0 Å². The minimum absolute atomic E-state index is 0.213. The van der Waals surface area contributed by atoms with Gasteiger partial charge in [0.05, 0.1) is 38.9 Å². The van der Waals surface area contributed by atoms with E-state index in [9.17, 15) is 0 Å². The van der Waals surface area contributed by atoms with Crippen LogP contribution < -0.4 is 18.9 Å². The van der Waals surface area contributed by atoms with Crippen LogP contribution in [0.5, 0.6) is 29.0 Å². The first-order valence-electron chi connectivity index (χ1n) is 8.44. The topological polar surface area (TPSA) is 80.5 Å². The zero-order valence-corrected chi connectivity index (χ0v) is 15.6. The van der Waals surface area contributed by atoms with Crippen LogP contribution in [0.2, 0.25) is 0 Å². The highest BCUT2D eigenvalue weighted by Gasteiger charge is 2.11. The van der Waals surface area contributed by atoms with Gasteiger partial charge in [0.2, 0.25) is 0 Å². The number of ether oxygens (including phenoxy) is 4. The molecule has 142 valence electrons. The molecule has 0 N–H and O–H groups in total. The molecule has 0 atom stereocenters. The quantitative estimate of drug-likeness (QED) is 0.507. The molecule has 0 fully saturated rings. The highest BCUT2D eigenvalue weighted by atomic mass is 16.5. The summed E-state index contributed by atoms with van der Waals surface area (Å²) in [4.78, 5) is 12.8. The van der Waals surface area contributed by atoms with Crippen LogP contribution in [0, 0.1) is 0 Å². The fourth-order valence-corrected chi connectivity index (χ4v) is 2.79. The third kappa shape index (κ3) is 3.39. The summed E-state index contributed by atoms with van der Waals surface area (Å²) in [6.45, 7) is 0. The van der Waals surface area contributed by atoms with Crippen molar-refractivity contribution in [2.75, 3.05) is 21.3 Å². The van der Waals surface area contributed by atoms with E-state index >= 15 is 0 Å². The number of imidazole rings is 1. The molecular weight excluding hydrogens is 360 g/mol. The number of fused-ring (bicyclic) bond motifs is 1. The van der Waals surface area contributed by atoms with Gasteiger partial charge in [-0.05, 0) is 6.07 Å². The number of hydrogen-bond acceptors (Lipinski definition) is 7. The van der Waals surface area contributed by atoms with Crippen LogP contribution in [0.1, 0.15) is 0 Å². The molecule has 0 spiro atoms. The van der Waals surface area contributed by atoms with Crippen molar-refractivity contribution in [1.29, 1.82) is 0 Å². The number of benzene rings is 2. The molecule has 2 aromatic heterocycles. The van der Waals surface area contributed by atoms with Gasteiger partial charge in [0.25, 0.3) is 0 Å². The standard InChI is InChI=1S/C20H18N4O4/c1-25-15-7-14(24-5-4-21-12-24)8-16(9-15)28-20-22-11-13-6-18(26-2)19(27-3)10-17(13)23-20/h4-12H,1-3H3. The van der Waals surface area contributed by atoms with Crippen molar-refractivity contribution in [1.82, 2.24) is 19.5 Å². The summed E-state index contributed by atoms with van der Waals surface area (Å²) >= 11 is 0. The lowest BCUT2D eigenvalue weighted by molar-refractivity contribution is 0.355. The van der Waals surface area contributed by atoms with Gasteiger partial charge in [0.15, 0.2) is 11.5 Å². The van der Waals surface area contributed by atoms with E-state index in [0.717, 1.165) is 11.1 Å². The maximum Gasteiger partial charge on any atom is 0.322 e. The van der Waals surface area contributed by atoms with Gasteiger partial charge in [-0.3, -0.25) is 0 Å². The molecule has 28 heavy (non-hydrogen) atoms. The predicted octanol–water partition coefficient (Wildman–Crippen LogP) is 3.63. The predicted molar refractivity (Wildman–Crippen MR) is 103 cm³/mol. The van der Waals surface area contributed by atoms with Crippen LogP contribution in [-0.2, 0) is 0 Å². The third-order valence-corrected chi connectivity index (χ3v) is 4.18. The largest absolute Gasteiger partial charge is 0.497 e. The Kier molecular flexibility index (Phi) is 4.67. The zero-order valence-electron chi connectivity index (χ0n) is 15.6. The van der Waals surface area contributed by atoms with Gasteiger partial charge in [-0.2, -0.15) is 4.98 Å². The zero-order chi connectivity index (χ0) is 19.5. The molecule has 4 aromatic rings. The van der Waals surface area contributed by atoms with Crippen molar-refractivity contribution < 1.29 is 18.9 Å². The molecule has 8 heteroatoms. The average Bonchev–Trinajstić information content (AvgIpc) is 3.27. The highest BCUT2D eigenvalue weighted by Crippen LogP contribution is 2.33. The maximum absolute atomic E-state index is 5.89. The van der Waals surface area contributed by atoms with Gasteiger partial charge in [-0.25, -0.2) is 9.97 Å². The van der Waals surface area contributed by atoms with Gasteiger partial charge in [-0.15, -0.1) is 0 Å². The lowest BCUT2D eigenvalue weighted by Gasteiger charge is -2.11. The fraction of sp³-hybridized carbons (Fsp3) is 0.150. The molecule has 8 nitrogen and oxygen atoms in total. The molecule has 2 aromatic carbocycles. The van der Waals surface area contributed by atoms with Crippen molar-refractivity contribution in [2.45, 2.75) is 0 Å². The first kappa shape index (κ1) is 17.6. The van der Waals surface area contributed by atoms with E-state index < -0.39 is 0 Å². The molecule has 0 amide bonds. The van der Waals surface area contributed by atoms with E-state index in [4.69, 9.17) is 18.9 Å². The second-order valence-electron chi connectivity index (χ2n) is 5.86. The number of hydrogen-bond donors (Lipinski definition) is 0. The van der Waals surface area contributed by atoms with Crippen LogP contribution in [0.3, 0.4) is 0 Å². The minimum atomic E-state index is 0.213. The fourth-order valence-electron chi connectivity index (χ4n) is 2.79. The molecule has 0 aliphatic heterocycles. The Hall–Kier alpha value is -3.81. The third-order valence-electron chi connectivity index (χ3n) is 4.18. The minimum Gasteiger partial charge on any atom is -0.497 e. The van der Waals surface area contributed by atoms with E-state index in [1.165, 1.54) is 0 Å². The number of methoxy groups -OCH3 is 3. The summed E-state index contributed by atoms with van der Waals surface area (Å²) in [5.74, 6) is 2.39. The van der Waals surface area contributed by atoms with Crippen molar-refractivity contribution in [2.24, 2.45) is 0 Å². The highest BCUT2D eigenvalue weighted by molar-refractivity contribution is 5.82. The van der Waals surface area contributed by atoms with Crippen molar-refractivity contribution in [3.8, 4) is 34.7 Å². The molecule has 2 heterocycles. The second-order valence-corrected chi connectivity index (χ2v) is 5.86. The van der Waals surface area contributed by atoms with E-state index in [2.05, 4.69) is 15.0 Å². The van der Waals surface area contributed by atoms with Gasteiger partial charge < -0.3 is 23.5 Å². The Morgan fingerprint density at radius 2 is 1.64 bits per heavy atom. The number of rotatable bonds is 6. The van der Waals surface area contributed by atoms with Crippen LogP contribution in [0.15, 0.2) is 55.2 Å². The van der Waals surface area contributed by atoms with E-state index in [-0.39, 0.29) is 6.01 Å². The molecule has 4 rings (SSSR count). The Labute approximate surface area is 161 Å².